The normalized spacial score (nSPS) is 11.1. The average Bonchev–Trinajstić information content (AvgIpc) is 3.27. The molecule has 0 spiro atoms. The van der Waals surface area contributed by atoms with Gasteiger partial charge < -0.3 is 5.32 Å². The summed E-state index contributed by atoms with van der Waals surface area (Å²) in [4.78, 5) is 21.7. The molecule has 1 N–H and O–H groups in total. The summed E-state index contributed by atoms with van der Waals surface area (Å²) < 4.78 is 29.9. The summed E-state index contributed by atoms with van der Waals surface area (Å²) in [7, 11) is 0. The maximum absolute atomic E-state index is 14.4. The van der Waals surface area contributed by atoms with E-state index < -0.39 is 11.6 Å². The van der Waals surface area contributed by atoms with Gasteiger partial charge in [0.25, 0.3) is 5.91 Å². The van der Waals surface area contributed by atoms with E-state index in [1.165, 1.54) is 12.1 Å². The number of benzene rings is 2. The Morgan fingerprint density at radius 2 is 1.74 bits per heavy atom. The molecule has 0 unspecified atom stereocenters. The summed E-state index contributed by atoms with van der Waals surface area (Å²) >= 11 is 5.91. The van der Waals surface area contributed by atoms with Crippen LogP contribution in [0.1, 0.15) is 16.1 Å². The highest BCUT2D eigenvalue weighted by Crippen LogP contribution is 2.30. The van der Waals surface area contributed by atoms with Gasteiger partial charge in [0, 0.05) is 34.2 Å². The van der Waals surface area contributed by atoms with Crippen LogP contribution in [0, 0.1) is 18.6 Å². The van der Waals surface area contributed by atoms with Gasteiger partial charge in [0.05, 0.1) is 28.5 Å². The van der Waals surface area contributed by atoms with Crippen molar-refractivity contribution in [3.05, 3.63) is 107 Å². The predicted molar refractivity (Wildman–Crippen MR) is 128 cm³/mol. The molecule has 8 heteroatoms. The second-order valence-corrected chi connectivity index (χ2v) is 8.11. The molecule has 5 nitrogen and oxygen atoms in total. The molecule has 1 amide bonds. The standard InChI is InChI=1S/C26H17ClF2N4O/c1-15-21(26(34)32-18-9-7-17(27)8-10-18)12-16(13-30-15)19-5-3-11-33-23(19)14-31-25(33)20-4-2-6-22(28)24(20)29/h2-14H,1H3,(H,32,34). The van der Waals surface area contributed by atoms with Crippen LogP contribution in [0.2, 0.25) is 5.02 Å². The molecular formula is C26H17ClF2N4O. The van der Waals surface area contributed by atoms with Crippen LogP contribution in [0.25, 0.3) is 28.0 Å². The maximum Gasteiger partial charge on any atom is 0.257 e. The van der Waals surface area contributed by atoms with Gasteiger partial charge >= 0.3 is 0 Å². The van der Waals surface area contributed by atoms with Gasteiger partial charge in [-0.2, -0.15) is 0 Å². The lowest BCUT2D eigenvalue weighted by Gasteiger charge is -2.11. The SMILES string of the molecule is Cc1ncc(-c2cccn3c(-c4cccc(F)c4F)ncc23)cc1C(=O)Nc1ccc(Cl)cc1. The van der Waals surface area contributed by atoms with Crippen molar-refractivity contribution in [3.8, 4) is 22.5 Å². The van der Waals surface area contributed by atoms with Gasteiger partial charge in [0.1, 0.15) is 5.82 Å². The number of carbonyl (C=O) groups excluding carboxylic acids is 1. The number of halogens is 3. The molecule has 0 aliphatic carbocycles. The maximum atomic E-state index is 14.4. The first-order valence-electron chi connectivity index (χ1n) is 10.4. The zero-order valence-electron chi connectivity index (χ0n) is 17.9. The number of rotatable bonds is 4. The molecule has 3 heterocycles. The molecule has 0 saturated carbocycles. The molecule has 5 aromatic rings. The fourth-order valence-corrected chi connectivity index (χ4v) is 3.91. The Hall–Kier alpha value is -4.10. The van der Waals surface area contributed by atoms with Gasteiger partial charge in [-0.25, -0.2) is 13.8 Å². The Balaban J connectivity index is 1.55. The zero-order valence-corrected chi connectivity index (χ0v) is 18.6. The molecule has 0 fully saturated rings. The number of aryl methyl sites for hydroxylation is 1. The third-order valence-corrected chi connectivity index (χ3v) is 5.76. The molecule has 0 aliphatic rings. The summed E-state index contributed by atoms with van der Waals surface area (Å²) in [5.74, 6) is -1.94. The number of aromatic nitrogens is 3. The van der Waals surface area contributed by atoms with Crippen LogP contribution in [0.4, 0.5) is 14.5 Å². The monoisotopic (exact) mass is 474 g/mol. The van der Waals surface area contributed by atoms with Crippen LogP contribution in [0.3, 0.4) is 0 Å². The van der Waals surface area contributed by atoms with E-state index >= 15 is 0 Å². The van der Waals surface area contributed by atoms with E-state index in [2.05, 4.69) is 15.3 Å². The molecule has 0 atom stereocenters. The largest absolute Gasteiger partial charge is 0.322 e. The van der Waals surface area contributed by atoms with Crippen LogP contribution in [0.5, 0.6) is 0 Å². The van der Waals surface area contributed by atoms with Gasteiger partial charge in [-0.15, -0.1) is 0 Å². The average molecular weight is 475 g/mol. The molecule has 5 rings (SSSR count). The molecule has 0 bridgehead atoms. The summed E-state index contributed by atoms with van der Waals surface area (Å²) in [6.07, 6.45) is 4.97. The summed E-state index contributed by atoms with van der Waals surface area (Å²) in [5, 5.41) is 3.42. The number of carbonyl (C=O) groups is 1. The molecule has 0 radical (unpaired) electrons. The third kappa shape index (κ3) is 3.91. The minimum absolute atomic E-state index is 0.0576. The highest BCUT2D eigenvalue weighted by molar-refractivity contribution is 6.30. The number of pyridine rings is 2. The van der Waals surface area contributed by atoms with Gasteiger partial charge in [-0.1, -0.05) is 23.7 Å². The molecular weight excluding hydrogens is 458 g/mol. The predicted octanol–water partition coefficient (Wildman–Crippen LogP) is 6.56. The van der Waals surface area contributed by atoms with E-state index in [4.69, 9.17) is 11.6 Å². The second-order valence-electron chi connectivity index (χ2n) is 7.68. The number of nitrogens with zero attached hydrogens (tertiary/aromatic N) is 3. The number of anilines is 1. The highest BCUT2D eigenvalue weighted by atomic mass is 35.5. The Bertz CT molecular complexity index is 1550. The lowest BCUT2D eigenvalue weighted by molar-refractivity contribution is 0.102. The molecule has 34 heavy (non-hydrogen) atoms. The van der Waals surface area contributed by atoms with Crippen molar-refractivity contribution in [2.75, 3.05) is 5.32 Å². The minimum atomic E-state index is -0.960. The number of nitrogens with one attached hydrogen (secondary N) is 1. The molecule has 168 valence electrons. The van der Waals surface area contributed by atoms with Crippen molar-refractivity contribution in [3.63, 3.8) is 0 Å². The van der Waals surface area contributed by atoms with E-state index in [1.807, 2.05) is 6.07 Å². The highest BCUT2D eigenvalue weighted by Gasteiger charge is 2.18. The van der Waals surface area contributed by atoms with Crippen LogP contribution in [-0.4, -0.2) is 20.3 Å². The number of amides is 1. The lowest BCUT2D eigenvalue weighted by Crippen LogP contribution is -2.14. The molecule has 3 aromatic heterocycles. The fraction of sp³-hybridized carbons (Fsp3) is 0.0385. The quantitative estimate of drug-likeness (QED) is 0.321. The molecule has 0 saturated heterocycles. The van der Waals surface area contributed by atoms with Gasteiger partial charge in [0.2, 0.25) is 0 Å². The summed E-state index contributed by atoms with van der Waals surface area (Å²) in [6, 6.07) is 16.2. The Morgan fingerprint density at radius 1 is 0.971 bits per heavy atom. The zero-order chi connectivity index (χ0) is 23.8. The van der Waals surface area contributed by atoms with Crippen molar-refractivity contribution in [1.82, 2.24) is 14.4 Å². The lowest BCUT2D eigenvalue weighted by atomic mass is 10.0. The minimum Gasteiger partial charge on any atom is -0.322 e. The van der Waals surface area contributed by atoms with Crippen LogP contribution < -0.4 is 5.32 Å². The van der Waals surface area contributed by atoms with Crippen LogP contribution in [-0.2, 0) is 0 Å². The van der Waals surface area contributed by atoms with Crippen molar-refractivity contribution in [1.29, 1.82) is 0 Å². The van der Waals surface area contributed by atoms with E-state index in [9.17, 15) is 13.6 Å². The number of hydrogen-bond donors (Lipinski definition) is 1. The van der Waals surface area contributed by atoms with Gasteiger partial charge in [-0.05, 0) is 55.5 Å². The van der Waals surface area contributed by atoms with E-state index in [0.29, 0.717) is 33.0 Å². The fourth-order valence-electron chi connectivity index (χ4n) is 3.78. The first-order chi connectivity index (χ1) is 16.4. The Morgan fingerprint density at radius 3 is 2.53 bits per heavy atom. The van der Waals surface area contributed by atoms with Crippen molar-refractivity contribution < 1.29 is 13.6 Å². The first-order valence-corrected chi connectivity index (χ1v) is 10.7. The van der Waals surface area contributed by atoms with Crippen molar-refractivity contribution in [2.45, 2.75) is 6.92 Å². The smallest absolute Gasteiger partial charge is 0.257 e. The van der Waals surface area contributed by atoms with E-state index in [-0.39, 0.29) is 17.3 Å². The summed E-state index contributed by atoms with van der Waals surface area (Å²) in [6.45, 7) is 1.75. The van der Waals surface area contributed by atoms with Gasteiger partial charge in [-0.3, -0.25) is 14.2 Å². The molecule has 0 aliphatic heterocycles. The van der Waals surface area contributed by atoms with E-state index in [0.717, 1.165) is 11.6 Å². The topological polar surface area (TPSA) is 59.3 Å². The third-order valence-electron chi connectivity index (χ3n) is 5.51. The number of hydrogen-bond acceptors (Lipinski definition) is 3. The van der Waals surface area contributed by atoms with Crippen LogP contribution >= 0.6 is 11.6 Å². The van der Waals surface area contributed by atoms with Gasteiger partial charge in [0.15, 0.2) is 11.6 Å². The first kappa shape index (κ1) is 21.7. The van der Waals surface area contributed by atoms with Crippen molar-refractivity contribution in [2.24, 2.45) is 0 Å². The molecule has 2 aromatic carbocycles. The number of fused-ring (bicyclic) bond motifs is 1. The van der Waals surface area contributed by atoms with Crippen LogP contribution in [0.15, 0.2) is 79.3 Å². The Labute approximate surface area is 198 Å². The second kappa shape index (κ2) is 8.68. The number of imidazole rings is 1. The Kier molecular flexibility index (Phi) is 5.55. The van der Waals surface area contributed by atoms with E-state index in [1.54, 1.807) is 66.3 Å². The summed E-state index contributed by atoms with van der Waals surface area (Å²) in [5.41, 5.74) is 3.73. The van der Waals surface area contributed by atoms with Crippen molar-refractivity contribution >= 4 is 28.7 Å².